The number of nitrogens with zero attached hydrogens (tertiary/aromatic N) is 1. The second-order valence-electron chi connectivity index (χ2n) is 5.41. The van der Waals surface area contributed by atoms with E-state index in [-0.39, 0.29) is 6.10 Å². The SMILES string of the molecule is CC(C)CN1CCOC(COc2csc(C(=O)O)c2)C1. The van der Waals surface area contributed by atoms with Crippen molar-refractivity contribution < 1.29 is 19.4 Å². The molecule has 2 rings (SSSR count). The fourth-order valence-corrected chi connectivity index (χ4v) is 2.92. The van der Waals surface area contributed by atoms with Gasteiger partial charge in [-0.25, -0.2) is 4.79 Å². The van der Waals surface area contributed by atoms with Gasteiger partial charge in [0.25, 0.3) is 0 Å². The number of carbonyl (C=O) groups is 1. The first-order valence-corrected chi connectivity index (χ1v) is 7.71. The van der Waals surface area contributed by atoms with Crippen molar-refractivity contribution in [2.45, 2.75) is 20.0 Å². The van der Waals surface area contributed by atoms with Crippen LogP contribution in [0.15, 0.2) is 11.4 Å². The van der Waals surface area contributed by atoms with Crippen molar-refractivity contribution >= 4 is 17.3 Å². The van der Waals surface area contributed by atoms with Gasteiger partial charge in [-0.3, -0.25) is 4.90 Å². The highest BCUT2D eigenvalue weighted by molar-refractivity contribution is 7.12. The third-order valence-corrected chi connectivity index (χ3v) is 3.96. The lowest BCUT2D eigenvalue weighted by Crippen LogP contribution is -2.46. The summed E-state index contributed by atoms with van der Waals surface area (Å²) in [6.07, 6.45) is 0.0516. The molecule has 1 unspecified atom stereocenters. The van der Waals surface area contributed by atoms with Crippen LogP contribution in [0.3, 0.4) is 0 Å². The molecule has 5 nitrogen and oxygen atoms in total. The lowest BCUT2D eigenvalue weighted by Gasteiger charge is -2.33. The molecular formula is C14H21NO4S. The lowest BCUT2D eigenvalue weighted by molar-refractivity contribution is -0.0504. The second kappa shape index (κ2) is 7.06. The average molecular weight is 299 g/mol. The van der Waals surface area contributed by atoms with Crippen LogP contribution < -0.4 is 4.74 Å². The molecule has 0 aromatic carbocycles. The van der Waals surface area contributed by atoms with Gasteiger partial charge >= 0.3 is 5.97 Å². The second-order valence-corrected chi connectivity index (χ2v) is 6.32. The van der Waals surface area contributed by atoms with E-state index < -0.39 is 5.97 Å². The number of morpholine rings is 1. The molecular weight excluding hydrogens is 278 g/mol. The first-order valence-electron chi connectivity index (χ1n) is 6.83. The largest absolute Gasteiger partial charge is 0.490 e. The van der Waals surface area contributed by atoms with E-state index in [0.29, 0.717) is 23.2 Å². The van der Waals surface area contributed by atoms with E-state index in [0.717, 1.165) is 26.2 Å². The number of hydrogen-bond donors (Lipinski definition) is 1. The van der Waals surface area contributed by atoms with Crippen molar-refractivity contribution in [3.63, 3.8) is 0 Å². The fraction of sp³-hybridized carbons (Fsp3) is 0.643. The predicted octanol–water partition coefficient (Wildman–Crippen LogP) is 2.18. The van der Waals surface area contributed by atoms with Crippen LogP contribution in [0, 0.1) is 5.92 Å². The maximum Gasteiger partial charge on any atom is 0.346 e. The summed E-state index contributed by atoms with van der Waals surface area (Å²) in [6, 6.07) is 1.56. The number of carboxylic acids is 1. The molecule has 20 heavy (non-hydrogen) atoms. The molecule has 1 fully saturated rings. The first-order chi connectivity index (χ1) is 9.54. The Kier molecular flexibility index (Phi) is 5.39. The molecule has 2 heterocycles. The summed E-state index contributed by atoms with van der Waals surface area (Å²) in [5.74, 6) is 0.337. The molecule has 6 heteroatoms. The van der Waals surface area contributed by atoms with Crippen molar-refractivity contribution in [3.8, 4) is 5.75 Å². The van der Waals surface area contributed by atoms with Crippen LogP contribution in [0.1, 0.15) is 23.5 Å². The first kappa shape index (κ1) is 15.3. The van der Waals surface area contributed by atoms with Gasteiger partial charge < -0.3 is 14.6 Å². The van der Waals surface area contributed by atoms with E-state index in [9.17, 15) is 4.79 Å². The normalized spacial score (nSPS) is 20.2. The summed E-state index contributed by atoms with van der Waals surface area (Å²) in [5, 5.41) is 10.6. The lowest BCUT2D eigenvalue weighted by atomic mass is 10.2. The van der Waals surface area contributed by atoms with Gasteiger partial charge in [0.05, 0.1) is 6.61 Å². The van der Waals surface area contributed by atoms with Crippen LogP contribution in [0.25, 0.3) is 0 Å². The molecule has 1 aliphatic rings. The minimum absolute atomic E-state index is 0.0516. The molecule has 1 aromatic heterocycles. The van der Waals surface area contributed by atoms with Gasteiger partial charge in [-0.15, -0.1) is 11.3 Å². The standard InChI is InChI=1S/C14H21NO4S/c1-10(2)6-15-3-4-18-12(7-15)8-19-11-5-13(14(16)17)20-9-11/h5,9-10,12H,3-4,6-8H2,1-2H3,(H,16,17). The number of ether oxygens (including phenoxy) is 2. The summed E-state index contributed by atoms with van der Waals surface area (Å²) < 4.78 is 11.3. The summed E-state index contributed by atoms with van der Waals surface area (Å²) in [6.45, 7) is 8.51. The Labute approximate surface area is 123 Å². The van der Waals surface area contributed by atoms with Gasteiger partial charge in [-0.05, 0) is 5.92 Å². The zero-order chi connectivity index (χ0) is 14.5. The highest BCUT2D eigenvalue weighted by Crippen LogP contribution is 2.22. The quantitative estimate of drug-likeness (QED) is 0.872. The van der Waals surface area contributed by atoms with Gasteiger partial charge in [0.15, 0.2) is 0 Å². The van der Waals surface area contributed by atoms with E-state index in [2.05, 4.69) is 18.7 Å². The molecule has 1 atom stereocenters. The zero-order valence-corrected chi connectivity index (χ0v) is 12.7. The van der Waals surface area contributed by atoms with Crippen molar-refractivity contribution in [1.29, 1.82) is 0 Å². The van der Waals surface area contributed by atoms with Crippen LogP contribution in [0.5, 0.6) is 5.75 Å². The van der Waals surface area contributed by atoms with Gasteiger partial charge in [0.2, 0.25) is 0 Å². The maximum atomic E-state index is 10.8. The summed E-state index contributed by atoms with van der Waals surface area (Å²) in [7, 11) is 0. The highest BCUT2D eigenvalue weighted by atomic mass is 32.1. The molecule has 0 radical (unpaired) electrons. The molecule has 0 spiro atoms. The van der Waals surface area contributed by atoms with Crippen LogP contribution in [-0.2, 0) is 4.74 Å². The monoisotopic (exact) mass is 299 g/mol. The summed E-state index contributed by atoms with van der Waals surface area (Å²) in [4.78, 5) is 13.5. The minimum atomic E-state index is -0.915. The van der Waals surface area contributed by atoms with Crippen molar-refractivity contribution in [3.05, 3.63) is 16.3 Å². The Bertz CT molecular complexity index is 446. The van der Waals surface area contributed by atoms with Gasteiger partial charge in [-0.2, -0.15) is 0 Å². The smallest absolute Gasteiger partial charge is 0.346 e. The van der Waals surface area contributed by atoms with E-state index in [1.807, 2.05) is 0 Å². The number of thiophene rings is 1. The Balaban J connectivity index is 1.79. The molecule has 0 bridgehead atoms. The number of aromatic carboxylic acids is 1. The van der Waals surface area contributed by atoms with Crippen molar-refractivity contribution in [2.24, 2.45) is 5.92 Å². The fourth-order valence-electron chi connectivity index (χ4n) is 2.26. The minimum Gasteiger partial charge on any atom is -0.490 e. The van der Waals surface area contributed by atoms with E-state index in [1.165, 1.54) is 11.3 Å². The Hall–Kier alpha value is -1.11. The van der Waals surface area contributed by atoms with Crippen LogP contribution in [0.2, 0.25) is 0 Å². The Morgan fingerprint density at radius 2 is 2.45 bits per heavy atom. The molecule has 112 valence electrons. The van der Waals surface area contributed by atoms with Crippen molar-refractivity contribution in [1.82, 2.24) is 4.90 Å². The Morgan fingerprint density at radius 3 is 3.10 bits per heavy atom. The van der Waals surface area contributed by atoms with Gasteiger partial charge in [-0.1, -0.05) is 13.8 Å². The van der Waals surface area contributed by atoms with Gasteiger partial charge in [0.1, 0.15) is 23.3 Å². The third kappa shape index (κ3) is 4.47. The predicted molar refractivity (Wildman–Crippen MR) is 77.8 cm³/mol. The molecule has 1 aromatic rings. The maximum absolute atomic E-state index is 10.8. The summed E-state index contributed by atoms with van der Waals surface area (Å²) >= 11 is 1.18. The number of hydrogen-bond acceptors (Lipinski definition) is 5. The molecule has 0 saturated carbocycles. The molecule has 1 saturated heterocycles. The molecule has 0 amide bonds. The third-order valence-electron chi connectivity index (χ3n) is 3.07. The van der Waals surface area contributed by atoms with Gasteiger partial charge in [0, 0.05) is 31.1 Å². The van der Waals surface area contributed by atoms with Crippen LogP contribution in [-0.4, -0.2) is 54.9 Å². The van der Waals surface area contributed by atoms with Crippen LogP contribution in [0.4, 0.5) is 0 Å². The molecule has 0 aliphatic carbocycles. The summed E-state index contributed by atoms with van der Waals surface area (Å²) in [5.41, 5.74) is 0. The average Bonchev–Trinajstić information content (AvgIpc) is 2.85. The zero-order valence-electron chi connectivity index (χ0n) is 11.9. The topological polar surface area (TPSA) is 59.0 Å². The van der Waals surface area contributed by atoms with Crippen molar-refractivity contribution in [2.75, 3.05) is 32.8 Å². The molecule has 1 aliphatic heterocycles. The Morgan fingerprint density at radius 1 is 1.65 bits per heavy atom. The van der Waals surface area contributed by atoms with Crippen LogP contribution >= 0.6 is 11.3 Å². The number of rotatable bonds is 6. The van der Waals surface area contributed by atoms with E-state index >= 15 is 0 Å². The highest BCUT2D eigenvalue weighted by Gasteiger charge is 2.21. The number of carboxylic acid groups (broad SMARTS) is 1. The van der Waals surface area contributed by atoms with E-state index in [1.54, 1.807) is 11.4 Å². The van der Waals surface area contributed by atoms with E-state index in [4.69, 9.17) is 14.6 Å². The molecule has 1 N–H and O–H groups in total.